The van der Waals surface area contributed by atoms with E-state index in [9.17, 15) is 4.79 Å². The minimum Gasteiger partial charge on any atom is -0.396 e. The third kappa shape index (κ3) is 5.96. The standard InChI is InChI=1S/C19H23ClN2O2/c1-22(10-4-12-23)11-9-15-5-2-6-16(13-15)19(24)21-18-8-3-7-17(20)14-18/h2-3,5-8,13-14,23H,4,9-12H2,1H3,(H,21,24). The lowest BCUT2D eigenvalue weighted by atomic mass is 10.1. The van der Waals surface area contributed by atoms with Crippen molar-refractivity contribution in [1.82, 2.24) is 4.90 Å². The summed E-state index contributed by atoms with van der Waals surface area (Å²) in [5.74, 6) is -0.146. The SMILES string of the molecule is CN(CCCO)CCc1cccc(C(=O)Nc2cccc(Cl)c2)c1. The van der Waals surface area contributed by atoms with E-state index in [0.717, 1.165) is 31.5 Å². The van der Waals surface area contributed by atoms with Gasteiger partial charge in [0.2, 0.25) is 0 Å². The fourth-order valence-corrected chi connectivity index (χ4v) is 2.60. The van der Waals surface area contributed by atoms with E-state index in [4.69, 9.17) is 16.7 Å². The van der Waals surface area contributed by atoms with Gasteiger partial charge in [0.1, 0.15) is 0 Å². The van der Waals surface area contributed by atoms with Crippen LogP contribution in [0, 0.1) is 0 Å². The molecule has 0 radical (unpaired) electrons. The molecule has 1 amide bonds. The van der Waals surface area contributed by atoms with Gasteiger partial charge in [-0.05, 0) is 55.8 Å². The monoisotopic (exact) mass is 346 g/mol. The van der Waals surface area contributed by atoms with Crippen LogP contribution < -0.4 is 5.32 Å². The molecular weight excluding hydrogens is 324 g/mol. The highest BCUT2D eigenvalue weighted by Crippen LogP contribution is 2.16. The number of aliphatic hydroxyl groups is 1. The number of hydrogen-bond acceptors (Lipinski definition) is 3. The fourth-order valence-electron chi connectivity index (χ4n) is 2.41. The van der Waals surface area contributed by atoms with Crippen LogP contribution in [-0.2, 0) is 6.42 Å². The van der Waals surface area contributed by atoms with Gasteiger partial charge in [-0.15, -0.1) is 0 Å². The van der Waals surface area contributed by atoms with Crippen molar-refractivity contribution in [1.29, 1.82) is 0 Å². The molecule has 5 heteroatoms. The highest BCUT2D eigenvalue weighted by Gasteiger charge is 2.08. The molecule has 0 fully saturated rings. The van der Waals surface area contributed by atoms with Gasteiger partial charge in [-0.2, -0.15) is 0 Å². The Morgan fingerprint density at radius 1 is 1.17 bits per heavy atom. The van der Waals surface area contributed by atoms with Crippen LogP contribution in [-0.4, -0.2) is 42.7 Å². The number of anilines is 1. The molecule has 128 valence electrons. The van der Waals surface area contributed by atoms with Gasteiger partial charge in [0, 0.05) is 36.0 Å². The third-order valence-corrected chi connectivity index (χ3v) is 3.99. The van der Waals surface area contributed by atoms with Crippen molar-refractivity contribution >= 4 is 23.2 Å². The van der Waals surface area contributed by atoms with Crippen LogP contribution in [0.4, 0.5) is 5.69 Å². The number of aliphatic hydroxyl groups excluding tert-OH is 1. The number of rotatable bonds is 8. The number of benzene rings is 2. The molecule has 2 rings (SSSR count). The summed E-state index contributed by atoms with van der Waals surface area (Å²) in [7, 11) is 2.03. The van der Waals surface area contributed by atoms with Crippen molar-refractivity contribution in [2.24, 2.45) is 0 Å². The number of nitrogens with one attached hydrogen (secondary N) is 1. The smallest absolute Gasteiger partial charge is 0.255 e. The molecule has 4 nitrogen and oxygen atoms in total. The molecule has 0 saturated heterocycles. The number of hydrogen-bond donors (Lipinski definition) is 2. The Morgan fingerprint density at radius 2 is 1.96 bits per heavy atom. The molecule has 0 atom stereocenters. The van der Waals surface area contributed by atoms with Gasteiger partial charge in [0.15, 0.2) is 0 Å². The normalized spacial score (nSPS) is 10.8. The topological polar surface area (TPSA) is 52.6 Å². The summed E-state index contributed by atoms with van der Waals surface area (Å²) >= 11 is 5.93. The average Bonchev–Trinajstić information content (AvgIpc) is 2.58. The lowest BCUT2D eigenvalue weighted by Gasteiger charge is -2.16. The van der Waals surface area contributed by atoms with E-state index in [1.807, 2.05) is 31.3 Å². The molecule has 0 heterocycles. The van der Waals surface area contributed by atoms with Gasteiger partial charge in [0.05, 0.1) is 0 Å². The maximum absolute atomic E-state index is 12.4. The molecule has 0 aliphatic carbocycles. The number of carbonyl (C=O) groups is 1. The predicted octanol–water partition coefficient (Wildman–Crippen LogP) is 3.45. The van der Waals surface area contributed by atoms with Crippen molar-refractivity contribution in [2.75, 3.05) is 32.1 Å². The van der Waals surface area contributed by atoms with Gasteiger partial charge in [-0.1, -0.05) is 29.8 Å². The lowest BCUT2D eigenvalue weighted by Crippen LogP contribution is -2.23. The first-order valence-electron chi connectivity index (χ1n) is 8.04. The maximum Gasteiger partial charge on any atom is 0.255 e. The summed E-state index contributed by atoms with van der Waals surface area (Å²) in [5.41, 5.74) is 2.43. The maximum atomic E-state index is 12.4. The second kappa shape index (κ2) is 9.42. The van der Waals surface area contributed by atoms with Crippen molar-refractivity contribution in [3.63, 3.8) is 0 Å². The van der Waals surface area contributed by atoms with Crippen LogP contribution in [0.2, 0.25) is 5.02 Å². The van der Waals surface area contributed by atoms with Crippen LogP contribution >= 0.6 is 11.6 Å². The van der Waals surface area contributed by atoms with Crippen molar-refractivity contribution in [3.8, 4) is 0 Å². The van der Waals surface area contributed by atoms with Crippen LogP contribution in [0.15, 0.2) is 48.5 Å². The fraction of sp³-hybridized carbons (Fsp3) is 0.316. The Labute approximate surface area is 148 Å². The second-order valence-electron chi connectivity index (χ2n) is 5.80. The minimum atomic E-state index is -0.146. The lowest BCUT2D eigenvalue weighted by molar-refractivity contribution is 0.102. The summed E-state index contributed by atoms with van der Waals surface area (Å²) in [6.45, 7) is 1.97. The van der Waals surface area contributed by atoms with E-state index in [-0.39, 0.29) is 12.5 Å². The predicted molar refractivity (Wildman–Crippen MR) is 98.8 cm³/mol. The van der Waals surface area contributed by atoms with E-state index in [2.05, 4.69) is 10.2 Å². The first-order valence-corrected chi connectivity index (χ1v) is 8.41. The second-order valence-corrected chi connectivity index (χ2v) is 6.23. The molecule has 2 aromatic carbocycles. The minimum absolute atomic E-state index is 0.146. The van der Waals surface area contributed by atoms with Gasteiger partial charge >= 0.3 is 0 Å². The number of carbonyl (C=O) groups excluding carboxylic acids is 1. The first-order chi connectivity index (χ1) is 11.6. The van der Waals surface area contributed by atoms with Gasteiger partial charge < -0.3 is 15.3 Å². The van der Waals surface area contributed by atoms with Crippen LogP contribution in [0.5, 0.6) is 0 Å². The van der Waals surface area contributed by atoms with Crippen LogP contribution in [0.1, 0.15) is 22.3 Å². The van der Waals surface area contributed by atoms with Crippen molar-refractivity contribution in [2.45, 2.75) is 12.8 Å². The Kier molecular flexibility index (Phi) is 7.25. The Hall–Kier alpha value is -1.88. The highest BCUT2D eigenvalue weighted by molar-refractivity contribution is 6.30. The molecule has 0 unspecified atom stereocenters. The molecule has 0 aliphatic heterocycles. The quantitative estimate of drug-likeness (QED) is 0.769. The first kappa shape index (κ1) is 18.5. The Bertz CT molecular complexity index is 676. The van der Waals surface area contributed by atoms with Crippen molar-refractivity contribution < 1.29 is 9.90 Å². The van der Waals surface area contributed by atoms with E-state index in [1.54, 1.807) is 24.3 Å². The molecule has 0 bridgehead atoms. The molecule has 0 aromatic heterocycles. The average molecular weight is 347 g/mol. The summed E-state index contributed by atoms with van der Waals surface area (Å²) in [5, 5.41) is 12.3. The largest absolute Gasteiger partial charge is 0.396 e. The van der Waals surface area contributed by atoms with E-state index in [0.29, 0.717) is 16.3 Å². The number of likely N-dealkylation sites (N-methyl/N-ethyl adjacent to an activating group) is 1. The Balaban J connectivity index is 1.95. The zero-order valence-electron chi connectivity index (χ0n) is 13.8. The molecule has 0 spiro atoms. The summed E-state index contributed by atoms with van der Waals surface area (Å²) < 4.78 is 0. The molecule has 0 aliphatic rings. The number of halogens is 1. The van der Waals surface area contributed by atoms with Gasteiger partial charge in [0.25, 0.3) is 5.91 Å². The Morgan fingerprint density at radius 3 is 2.71 bits per heavy atom. The summed E-state index contributed by atoms with van der Waals surface area (Å²) in [4.78, 5) is 14.5. The van der Waals surface area contributed by atoms with E-state index < -0.39 is 0 Å². The van der Waals surface area contributed by atoms with Gasteiger partial charge in [-0.3, -0.25) is 4.79 Å². The van der Waals surface area contributed by atoms with E-state index in [1.165, 1.54) is 0 Å². The summed E-state index contributed by atoms with van der Waals surface area (Å²) in [6.07, 6.45) is 1.64. The van der Waals surface area contributed by atoms with Crippen molar-refractivity contribution in [3.05, 3.63) is 64.7 Å². The van der Waals surface area contributed by atoms with Crippen LogP contribution in [0.3, 0.4) is 0 Å². The molecular formula is C19H23ClN2O2. The highest BCUT2D eigenvalue weighted by atomic mass is 35.5. The molecule has 0 saturated carbocycles. The number of nitrogens with zero attached hydrogens (tertiary/aromatic N) is 1. The zero-order chi connectivity index (χ0) is 17.4. The van der Waals surface area contributed by atoms with Gasteiger partial charge in [-0.25, -0.2) is 0 Å². The third-order valence-electron chi connectivity index (χ3n) is 3.75. The molecule has 2 N–H and O–H groups in total. The molecule has 2 aromatic rings. The molecule has 24 heavy (non-hydrogen) atoms. The van der Waals surface area contributed by atoms with Crippen LogP contribution in [0.25, 0.3) is 0 Å². The zero-order valence-corrected chi connectivity index (χ0v) is 14.6. The van der Waals surface area contributed by atoms with E-state index >= 15 is 0 Å². The number of amides is 1. The summed E-state index contributed by atoms with van der Waals surface area (Å²) in [6, 6.07) is 14.7.